The summed E-state index contributed by atoms with van der Waals surface area (Å²) in [5.41, 5.74) is 0. The number of ether oxygens (including phenoxy) is 3. The molecule has 2 N–H and O–H groups in total. The lowest BCUT2D eigenvalue weighted by atomic mass is 10.1. The van der Waals surface area contributed by atoms with Crippen molar-refractivity contribution in [2.24, 2.45) is 4.99 Å². The van der Waals surface area contributed by atoms with Gasteiger partial charge in [0, 0.05) is 32.2 Å². The molecule has 0 spiro atoms. The topological polar surface area (TPSA) is 77.2 Å². The molecule has 2 aliphatic rings. The first-order valence-electron chi connectivity index (χ1n) is 10.2. The van der Waals surface area contributed by atoms with Gasteiger partial charge in [-0.25, -0.2) is 0 Å². The van der Waals surface area contributed by atoms with E-state index in [2.05, 4.69) is 17.6 Å². The van der Waals surface area contributed by atoms with E-state index in [4.69, 9.17) is 23.6 Å². The molecule has 3 atom stereocenters. The Morgan fingerprint density at radius 1 is 1.33 bits per heavy atom. The Hall–Kier alpha value is -1.57. The fraction of sp³-hybridized carbons (Fsp3) is 0.750. The lowest BCUT2D eigenvalue weighted by molar-refractivity contribution is 0.0223. The van der Waals surface area contributed by atoms with Crippen LogP contribution in [-0.4, -0.2) is 63.7 Å². The standard InChI is InChI=1S/C20H33N3O4/c1-16(14-27-19-8-12-24-15-19)23-20(21-9-7-17-6-4-11-25-17)22-13-18-5-2-3-10-26-18/h4,6,11,16,18-19H,2-3,5,7-10,12-15H2,1H3,(H2,21,22,23). The summed E-state index contributed by atoms with van der Waals surface area (Å²) in [6.07, 6.45) is 7.42. The average molecular weight is 380 g/mol. The minimum atomic E-state index is 0.160. The first-order chi connectivity index (χ1) is 13.3. The maximum absolute atomic E-state index is 5.91. The van der Waals surface area contributed by atoms with Gasteiger partial charge >= 0.3 is 0 Å². The molecule has 0 radical (unpaired) electrons. The smallest absolute Gasteiger partial charge is 0.191 e. The van der Waals surface area contributed by atoms with Crippen LogP contribution in [0.5, 0.6) is 0 Å². The van der Waals surface area contributed by atoms with Crippen LogP contribution in [0.3, 0.4) is 0 Å². The van der Waals surface area contributed by atoms with Gasteiger partial charge in [-0.2, -0.15) is 0 Å². The van der Waals surface area contributed by atoms with E-state index < -0.39 is 0 Å². The normalized spacial score (nSPS) is 24.7. The molecule has 7 heteroatoms. The Bertz CT molecular complexity index is 537. The van der Waals surface area contributed by atoms with Crippen LogP contribution in [0.15, 0.2) is 27.8 Å². The van der Waals surface area contributed by atoms with Gasteiger partial charge in [0.1, 0.15) is 5.76 Å². The summed E-state index contributed by atoms with van der Waals surface area (Å²) in [6.45, 7) is 6.53. The number of hydrogen-bond donors (Lipinski definition) is 2. The number of nitrogens with zero attached hydrogens (tertiary/aromatic N) is 1. The Labute approximate surface area is 161 Å². The van der Waals surface area contributed by atoms with Gasteiger partial charge in [-0.05, 0) is 44.7 Å². The van der Waals surface area contributed by atoms with Gasteiger partial charge in [-0.3, -0.25) is 4.99 Å². The van der Waals surface area contributed by atoms with E-state index in [1.54, 1.807) is 6.26 Å². The number of nitrogens with one attached hydrogen (secondary N) is 2. The summed E-state index contributed by atoms with van der Waals surface area (Å²) in [7, 11) is 0. The molecule has 2 aliphatic heterocycles. The van der Waals surface area contributed by atoms with Crippen LogP contribution in [0.25, 0.3) is 0 Å². The summed E-state index contributed by atoms with van der Waals surface area (Å²) < 4.78 is 22.5. The van der Waals surface area contributed by atoms with E-state index in [1.807, 2.05) is 12.1 Å². The van der Waals surface area contributed by atoms with Crippen molar-refractivity contribution in [3.05, 3.63) is 24.2 Å². The molecule has 0 aromatic carbocycles. The van der Waals surface area contributed by atoms with Crippen LogP contribution in [0.2, 0.25) is 0 Å². The van der Waals surface area contributed by atoms with Crippen molar-refractivity contribution >= 4 is 5.96 Å². The second kappa shape index (κ2) is 11.3. The second-order valence-corrected chi connectivity index (χ2v) is 7.30. The van der Waals surface area contributed by atoms with E-state index in [-0.39, 0.29) is 18.2 Å². The van der Waals surface area contributed by atoms with Gasteiger partial charge in [0.25, 0.3) is 0 Å². The zero-order valence-electron chi connectivity index (χ0n) is 16.3. The van der Waals surface area contributed by atoms with E-state index >= 15 is 0 Å². The first kappa shape index (κ1) is 20.2. The molecule has 0 amide bonds. The summed E-state index contributed by atoms with van der Waals surface area (Å²) in [4.78, 5) is 4.74. The molecular formula is C20H33N3O4. The highest BCUT2D eigenvalue weighted by Gasteiger charge is 2.18. The molecule has 3 rings (SSSR count). The van der Waals surface area contributed by atoms with Gasteiger partial charge in [0.15, 0.2) is 5.96 Å². The van der Waals surface area contributed by atoms with E-state index in [0.717, 1.165) is 57.2 Å². The van der Waals surface area contributed by atoms with Crippen molar-refractivity contribution in [3.63, 3.8) is 0 Å². The number of furan rings is 1. The Kier molecular flexibility index (Phi) is 8.45. The van der Waals surface area contributed by atoms with Crippen LogP contribution in [0.4, 0.5) is 0 Å². The van der Waals surface area contributed by atoms with Crippen molar-refractivity contribution in [2.75, 3.05) is 39.5 Å². The fourth-order valence-electron chi connectivity index (χ4n) is 3.26. The van der Waals surface area contributed by atoms with Crippen LogP contribution in [0, 0.1) is 0 Å². The molecule has 2 saturated heterocycles. The van der Waals surface area contributed by atoms with Gasteiger partial charge in [-0.15, -0.1) is 0 Å². The Morgan fingerprint density at radius 3 is 3.04 bits per heavy atom. The molecule has 1 aromatic heterocycles. The third-order valence-electron chi connectivity index (χ3n) is 4.82. The summed E-state index contributed by atoms with van der Waals surface area (Å²) >= 11 is 0. The predicted octanol–water partition coefficient (Wildman–Crippen LogP) is 2.12. The molecule has 2 fully saturated rings. The van der Waals surface area contributed by atoms with Gasteiger partial charge in [0.2, 0.25) is 0 Å². The maximum atomic E-state index is 5.91. The molecular weight excluding hydrogens is 346 g/mol. The van der Waals surface area contributed by atoms with Gasteiger partial charge in [0.05, 0.1) is 38.2 Å². The van der Waals surface area contributed by atoms with Crippen molar-refractivity contribution < 1.29 is 18.6 Å². The molecule has 1 aromatic rings. The molecule has 0 aliphatic carbocycles. The highest BCUT2D eigenvalue weighted by molar-refractivity contribution is 5.80. The molecule has 27 heavy (non-hydrogen) atoms. The maximum Gasteiger partial charge on any atom is 0.191 e. The summed E-state index contributed by atoms with van der Waals surface area (Å²) in [5, 5.41) is 6.85. The molecule has 3 heterocycles. The fourth-order valence-corrected chi connectivity index (χ4v) is 3.26. The third-order valence-corrected chi connectivity index (χ3v) is 4.82. The monoisotopic (exact) mass is 379 g/mol. The van der Waals surface area contributed by atoms with E-state index in [1.165, 1.54) is 6.42 Å². The molecule has 3 unspecified atom stereocenters. The molecule has 7 nitrogen and oxygen atoms in total. The van der Waals surface area contributed by atoms with Crippen LogP contribution >= 0.6 is 0 Å². The summed E-state index contributed by atoms with van der Waals surface area (Å²) in [5.74, 6) is 1.77. The molecule has 0 bridgehead atoms. The quantitative estimate of drug-likeness (QED) is 0.506. The van der Waals surface area contributed by atoms with Crippen molar-refractivity contribution in [1.82, 2.24) is 10.6 Å². The highest BCUT2D eigenvalue weighted by Crippen LogP contribution is 2.12. The minimum absolute atomic E-state index is 0.160. The lowest BCUT2D eigenvalue weighted by Gasteiger charge is -2.23. The largest absolute Gasteiger partial charge is 0.469 e. The molecule has 152 valence electrons. The highest BCUT2D eigenvalue weighted by atomic mass is 16.5. The first-order valence-corrected chi connectivity index (χ1v) is 10.2. The summed E-state index contributed by atoms with van der Waals surface area (Å²) in [6, 6.07) is 4.06. The number of aliphatic imine (C=N–C) groups is 1. The van der Waals surface area contributed by atoms with Crippen molar-refractivity contribution in [2.45, 2.75) is 57.3 Å². The van der Waals surface area contributed by atoms with E-state index in [9.17, 15) is 0 Å². The third kappa shape index (κ3) is 7.52. The molecule has 0 saturated carbocycles. The second-order valence-electron chi connectivity index (χ2n) is 7.30. The minimum Gasteiger partial charge on any atom is -0.469 e. The Morgan fingerprint density at radius 2 is 2.30 bits per heavy atom. The van der Waals surface area contributed by atoms with Gasteiger partial charge in [-0.1, -0.05) is 0 Å². The predicted molar refractivity (Wildman–Crippen MR) is 104 cm³/mol. The zero-order chi connectivity index (χ0) is 18.7. The van der Waals surface area contributed by atoms with E-state index in [0.29, 0.717) is 19.8 Å². The SMILES string of the molecule is CC(COC1CCOC1)NC(=NCC1CCCCO1)NCCc1ccco1. The number of hydrogen-bond acceptors (Lipinski definition) is 5. The van der Waals surface area contributed by atoms with Gasteiger partial charge < -0.3 is 29.3 Å². The van der Waals surface area contributed by atoms with Crippen molar-refractivity contribution in [3.8, 4) is 0 Å². The van der Waals surface area contributed by atoms with Crippen molar-refractivity contribution in [1.29, 1.82) is 0 Å². The van der Waals surface area contributed by atoms with Crippen LogP contribution in [-0.2, 0) is 20.6 Å². The zero-order valence-corrected chi connectivity index (χ0v) is 16.3. The van der Waals surface area contributed by atoms with Crippen LogP contribution < -0.4 is 10.6 Å². The average Bonchev–Trinajstić information content (AvgIpc) is 3.39. The lowest BCUT2D eigenvalue weighted by Crippen LogP contribution is -2.45. The number of rotatable bonds is 9. The van der Waals surface area contributed by atoms with Crippen LogP contribution in [0.1, 0.15) is 38.4 Å². The Balaban J connectivity index is 1.45. The number of guanidine groups is 1.